The van der Waals surface area contributed by atoms with E-state index in [2.05, 4.69) is 5.32 Å². The van der Waals surface area contributed by atoms with Gasteiger partial charge in [-0.3, -0.25) is 13.9 Å². The van der Waals surface area contributed by atoms with Gasteiger partial charge in [0, 0.05) is 31.1 Å². The largest absolute Gasteiger partial charge is 0.457 e. The predicted octanol–water partition coefficient (Wildman–Crippen LogP) is 4.69. The van der Waals surface area contributed by atoms with Gasteiger partial charge in [0.1, 0.15) is 35.2 Å². The van der Waals surface area contributed by atoms with Gasteiger partial charge >= 0.3 is 0 Å². The van der Waals surface area contributed by atoms with Crippen LogP contribution in [0.3, 0.4) is 0 Å². The highest BCUT2D eigenvalue weighted by Gasteiger charge is 2.34. The van der Waals surface area contributed by atoms with Gasteiger partial charge in [0.15, 0.2) is 0 Å². The molecule has 0 unspecified atom stereocenters. The number of carbonyl (C=O) groups is 2. The average Bonchev–Trinajstić information content (AvgIpc) is 3.25. The van der Waals surface area contributed by atoms with E-state index in [0.29, 0.717) is 45.0 Å². The van der Waals surface area contributed by atoms with Crippen LogP contribution in [-0.2, 0) is 14.8 Å². The lowest BCUT2D eigenvalue weighted by molar-refractivity contribution is -0.129. The molecule has 11 heteroatoms. The van der Waals surface area contributed by atoms with Crippen molar-refractivity contribution in [1.82, 2.24) is 10.2 Å². The molecule has 0 radical (unpaired) electrons. The first-order valence-corrected chi connectivity index (χ1v) is 13.9. The third kappa shape index (κ3) is 4.81. The van der Waals surface area contributed by atoms with Crippen molar-refractivity contribution in [2.75, 3.05) is 31.2 Å². The van der Waals surface area contributed by atoms with E-state index in [1.165, 1.54) is 36.2 Å². The highest BCUT2D eigenvalue weighted by Crippen LogP contribution is 2.42. The SMILES string of the molecule is CNC(=O)c1c(-c2ccc(Oc3ccc(F)cc3)cc2)oc2cc3c(cc12)[C@H](C)N(C)C(=O)CN3S(C)(=O)=O. The first-order valence-electron chi connectivity index (χ1n) is 12.1. The van der Waals surface area contributed by atoms with Gasteiger partial charge in [-0.15, -0.1) is 0 Å². The molecule has 39 heavy (non-hydrogen) atoms. The van der Waals surface area contributed by atoms with Crippen LogP contribution in [0.15, 0.2) is 65.1 Å². The summed E-state index contributed by atoms with van der Waals surface area (Å²) in [6.45, 7) is 1.46. The van der Waals surface area contributed by atoms with Gasteiger partial charge in [-0.05, 0) is 67.1 Å². The molecular formula is C28H26FN3O6S. The number of anilines is 1. The summed E-state index contributed by atoms with van der Waals surface area (Å²) in [5.41, 5.74) is 2.06. The van der Waals surface area contributed by atoms with Gasteiger partial charge in [-0.25, -0.2) is 12.8 Å². The molecule has 0 bridgehead atoms. The molecule has 1 N–H and O–H groups in total. The van der Waals surface area contributed by atoms with E-state index in [0.717, 1.165) is 10.6 Å². The fourth-order valence-corrected chi connectivity index (χ4v) is 5.47. The van der Waals surface area contributed by atoms with Crippen molar-refractivity contribution in [2.45, 2.75) is 13.0 Å². The summed E-state index contributed by atoms with van der Waals surface area (Å²) in [6.07, 6.45) is 1.04. The van der Waals surface area contributed by atoms with Crippen LogP contribution in [0.5, 0.6) is 11.5 Å². The molecule has 0 fully saturated rings. The van der Waals surface area contributed by atoms with E-state index in [1.54, 1.807) is 50.4 Å². The minimum Gasteiger partial charge on any atom is -0.457 e. The Hall–Kier alpha value is -4.38. The second-order valence-electron chi connectivity index (χ2n) is 9.32. The van der Waals surface area contributed by atoms with Crippen LogP contribution >= 0.6 is 0 Å². The Bertz CT molecular complexity index is 1700. The summed E-state index contributed by atoms with van der Waals surface area (Å²) in [4.78, 5) is 27.3. The Morgan fingerprint density at radius 2 is 1.69 bits per heavy atom. The number of rotatable bonds is 5. The Morgan fingerprint density at radius 3 is 2.28 bits per heavy atom. The molecule has 2 amide bonds. The van der Waals surface area contributed by atoms with Crippen molar-refractivity contribution in [1.29, 1.82) is 0 Å². The topological polar surface area (TPSA) is 109 Å². The zero-order valence-corrected chi connectivity index (χ0v) is 22.5. The Morgan fingerprint density at radius 1 is 1.08 bits per heavy atom. The quantitative estimate of drug-likeness (QED) is 0.386. The van der Waals surface area contributed by atoms with E-state index >= 15 is 0 Å². The van der Waals surface area contributed by atoms with Crippen molar-refractivity contribution in [3.05, 3.63) is 77.6 Å². The third-order valence-corrected chi connectivity index (χ3v) is 7.96. The van der Waals surface area contributed by atoms with Gasteiger partial charge < -0.3 is 19.4 Å². The molecular weight excluding hydrogens is 525 g/mol. The number of amides is 2. The predicted molar refractivity (Wildman–Crippen MR) is 145 cm³/mol. The van der Waals surface area contributed by atoms with E-state index in [4.69, 9.17) is 9.15 Å². The number of likely N-dealkylation sites (N-methyl/N-ethyl adjacent to an activating group) is 1. The van der Waals surface area contributed by atoms with Crippen LogP contribution < -0.4 is 14.4 Å². The first kappa shape index (κ1) is 26.2. The summed E-state index contributed by atoms with van der Waals surface area (Å²) >= 11 is 0. The molecule has 0 saturated carbocycles. The third-order valence-electron chi connectivity index (χ3n) is 6.83. The van der Waals surface area contributed by atoms with Crippen LogP contribution in [0.2, 0.25) is 0 Å². The number of halogens is 1. The zero-order chi connectivity index (χ0) is 28.1. The number of carbonyl (C=O) groups excluding carboxylic acids is 2. The first-order chi connectivity index (χ1) is 18.5. The lowest BCUT2D eigenvalue weighted by Gasteiger charge is -2.23. The smallest absolute Gasteiger partial charge is 0.255 e. The molecule has 1 aromatic heterocycles. The number of sulfonamides is 1. The normalized spacial score (nSPS) is 15.7. The van der Waals surface area contributed by atoms with Crippen molar-refractivity contribution >= 4 is 38.5 Å². The highest BCUT2D eigenvalue weighted by molar-refractivity contribution is 7.92. The van der Waals surface area contributed by atoms with Gasteiger partial charge in [0.2, 0.25) is 15.9 Å². The number of benzene rings is 3. The number of ether oxygens (including phenoxy) is 1. The monoisotopic (exact) mass is 551 g/mol. The molecule has 1 aliphatic heterocycles. The maximum absolute atomic E-state index is 13.2. The van der Waals surface area contributed by atoms with Gasteiger partial charge in [-0.2, -0.15) is 0 Å². The molecule has 1 aliphatic rings. The number of hydrogen-bond acceptors (Lipinski definition) is 6. The average molecular weight is 552 g/mol. The lowest BCUT2D eigenvalue weighted by Crippen LogP contribution is -2.38. The number of nitrogens with zero attached hydrogens (tertiary/aromatic N) is 2. The minimum absolute atomic E-state index is 0.277. The molecule has 202 valence electrons. The van der Waals surface area contributed by atoms with Crippen molar-refractivity contribution in [2.24, 2.45) is 0 Å². The van der Waals surface area contributed by atoms with Gasteiger partial charge in [0.25, 0.3) is 5.91 Å². The zero-order valence-electron chi connectivity index (χ0n) is 21.7. The summed E-state index contributed by atoms with van der Waals surface area (Å²) in [5, 5.41) is 3.13. The maximum Gasteiger partial charge on any atom is 0.255 e. The fraction of sp³-hybridized carbons (Fsp3) is 0.214. The van der Waals surface area contributed by atoms with Crippen LogP contribution in [0.1, 0.15) is 28.9 Å². The second kappa shape index (κ2) is 9.73. The van der Waals surface area contributed by atoms with Crippen LogP contribution in [0.25, 0.3) is 22.3 Å². The standard InChI is InChI=1S/C28H26FN3O6S/c1-16-21-13-22-24(14-23(21)32(39(4,35)36)15-25(33)31(16)3)38-27(26(22)28(34)30-2)17-5-9-19(10-6-17)37-20-11-7-18(29)8-12-20/h5-14,16H,15H2,1-4H3,(H,30,34)/t16-/m0/s1. The number of nitrogens with one attached hydrogen (secondary N) is 1. The van der Waals surface area contributed by atoms with Gasteiger partial charge in [-0.1, -0.05) is 0 Å². The molecule has 0 spiro atoms. The summed E-state index contributed by atoms with van der Waals surface area (Å²) in [7, 11) is -0.668. The van der Waals surface area contributed by atoms with Crippen LogP contribution in [0.4, 0.5) is 10.1 Å². The summed E-state index contributed by atoms with van der Waals surface area (Å²) in [5.74, 6) is 0.153. The van der Waals surface area contributed by atoms with E-state index in [9.17, 15) is 22.4 Å². The maximum atomic E-state index is 13.2. The number of fused-ring (bicyclic) bond motifs is 2. The Kier molecular flexibility index (Phi) is 6.55. The molecule has 1 atom stereocenters. The minimum atomic E-state index is -3.79. The van der Waals surface area contributed by atoms with Crippen molar-refractivity contribution < 1.29 is 31.6 Å². The summed E-state index contributed by atoms with van der Waals surface area (Å²) in [6, 6.07) is 15.3. The van der Waals surface area contributed by atoms with Crippen LogP contribution in [0, 0.1) is 5.82 Å². The van der Waals surface area contributed by atoms with Crippen LogP contribution in [-0.4, -0.2) is 52.0 Å². The lowest BCUT2D eigenvalue weighted by atomic mass is 9.99. The molecule has 9 nitrogen and oxygen atoms in total. The number of hydrogen-bond donors (Lipinski definition) is 1. The molecule has 4 aromatic rings. The summed E-state index contributed by atoms with van der Waals surface area (Å²) < 4.78 is 51.5. The molecule has 5 rings (SSSR count). The van der Waals surface area contributed by atoms with E-state index in [1.807, 2.05) is 0 Å². The Balaban J connectivity index is 1.64. The highest BCUT2D eigenvalue weighted by atomic mass is 32.2. The molecule has 0 aliphatic carbocycles. The number of furan rings is 1. The fourth-order valence-electron chi connectivity index (χ4n) is 4.61. The van der Waals surface area contributed by atoms with E-state index < -0.39 is 16.1 Å². The van der Waals surface area contributed by atoms with Crippen molar-refractivity contribution in [3.63, 3.8) is 0 Å². The molecule has 3 aromatic carbocycles. The Labute approximate surface area is 224 Å². The molecule has 2 heterocycles. The second-order valence-corrected chi connectivity index (χ2v) is 11.2. The molecule has 0 saturated heterocycles. The van der Waals surface area contributed by atoms with Gasteiger partial charge in [0.05, 0.1) is 23.5 Å². The van der Waals surface area contributed by atoms with E-state index in [-0.39, 0.29) is 29.7 Å². The van der Waals surface area contributed by atoms with Crippen molar-refractivity contribution in [3.8, 4) is 22.8 Å².